The summed E-state index contributed by atoms with van der Waals surface area (Å²) in [5.41, 5.74) is 9.96. The third-order valence-electron chi connectivity index (χ3n) is 7.74. The van der Waals surface area contributed by atoms with Crippen LogP contribution in [0.3, 0.4) is 0 Å². The maximum absolute atomic E-state index is 11.5. The first-order valence-corrected chi connectivity index (χ1v) is 30.1. The van der Waals surface area contributed by atoms with Crippen molar-refractivity contribution in [3.8, 4) is 0 Å². The molecule has 0 heterocycles. The molecular formula is C67H136F3N7O6. The maximum atomic E-state index is 11.5. The molecule has 1 rings (SSSR count). The molecule has 0 aliphatic heterocycles. The quantitative estimate of drug-likeness (QED) is 0.0551. The fraction of sp³-hybridized carbons (Fsp3) is 0.776. The summed E-state index contributed by atoms with van der Waals surface area (Å²) in [5, 5.41) is 30.3. The summed E-state index contributed by atoms with van der Waals surface area (Å²) in [6, 6.07) is 9.93. The van der Waals surface area contributed by atoms with E-state index in [0.717, 1.165) is 79.3 Å². The van der Waals surface area contributed by atoms with E-state index in [4.69, 9.17) is 14.9 Å². The van der Waals surface area contributed by atoms with Crippen LogP contribution in [0.2, 0.25) is 0 Å². The molecule has 16 heteroatoms. The van der Waals surface area contributed by atoms with Crippen LogP contribution in [0, 0.1) is 32.5 Å². The summed E-state index contributed by atoms with van der Waals surface area (Å²) in [7, 11) is 1.58. The van der Waals surface area contributed by atoms with Crippen molar-refractivity contribution in [2.24, 2.45) is 63.4 Å². The van der Waals surface area contributed by atoms with Crippen molar-refractivity contribution in [1.29, 1.82) is 0 Å². The van der Waals surface area contributed by atoms with E-state index in [1.807, 2.05) is 148 Å². The minimum absolute atomic E-state index is 0.0808. The molecule has 0 aliphatic rings. The second-order valence-corrected chi connectivity index (χ2v) is 25.3. The zero-order valence-corrected chi connectivity index (χ0v) is 60.8. The molecule has 0 fully saturated rings. The Morgan fingerprint density at radius 3 is 1.10 bits per heavy atom. The Bertz CT molecular complexity index is 1800. The fourth-order valence-corrected chi connectivity index (χ4v) is 6.22. The highest BCUT2D eigenvalue weighted by Gasteiger charge is 2.31. The summed E-state index contributed by atoms with van der Waals surface area (Å²) in [6.45, 7) is 75.8. The molecule has 0 unspecified atom stereocenters. The average Bonchev–Trinajstić information content (AvgIpc) is 3.33. The number of nitrogens with zero attached hydrogens (tertiary/aromatic N) is 6. The predicted octanol–water partition coefficient (Wildman–Crippen LogP) is 22.4. The Kier molecular flexibility index (Phi) is 71.2. The van der Waals surface area contributed by atoms with Gasteiger partial charge in [0.05, 0.1) is 34.3 Å². The van der Waals surface area contributed by atoms with Crippen LogP contribution >= 0.6 is 0 Å². The molecule has 13 nitrogen and oxygen atoms in total. The van der Waals surface area contributed by atoms with Crippen LogP contribution in [-0.4, -0.2) is 72.1 Å². The van der Waals surface area contributed by atoms with Gasteiger partial charge in [-0.25, -0.2) is 5.43 Å². The number of benzene rings is 1. The zero-order valence-electron chi connectivity index (χ0n) is 60.8. The van der Waals surface area contributed by atoms with Crippen LogP contribution in [0.25, 0.3) is 0 Å². The molecule has 0 aromatic heterocycles. The Morgan fingerprint density at radius 2 is 0.831 bits per heavy atom. The largest absolute Gasteiger partial charge is 0.593 e. The van der Waals surface area contributed by atoms with Gasteiger partial charge in [0.1, 0.15) is 20.3 Å². The molecule has 83 heavy (non-hydrogen) atoms. The number of alkyl halides is 3. The third-order valence-corrected chi connectivity index (χ3v) is 7.74. The van der Waals surface area contributed by atoms with E-state index in [9.17, 15) is 18.0 Å². The van der Waals surface area contributed by atoms with Crippen LogP contribution in [0.5, 0.6) is 0 Å². The first-order chi connectivity index (χ1) is 37.8. The summed E-state index contributed by atoms with van der Waals surface area (Å²) in [5.74, 6) is -0.146. The van der Waals surface area contributed by atoms with Gasteiger partial charge in [-0.05, 0) is 118 Å². The molecule has 1 amide bonds. The van der Waals surface area contributed by atoms with Gasteiger partial charge in [0.2, 0.25) is 5.91 Å². The van der Waals surface area contributed by atoms with Gasteiger partial charge in [0, 0.05) is 6.92 Å². The molecule has 1 aromatic rings. The summed E-state index contributed by atoms with van der Waals surface area (Å²) in [4.78, 5) is 28.9. The van der Waals surface area contributed by atoms with E-state index in [-0.39, 0.29) is 27.6 Å². The minimum Gasteiger partial charge on any atom is -0.411 e. The highest BCUT2D eigenvalue weighted by atomic mass is 19.4. The molecule has 1 aromatic carbocycles. The predicted molar refractivity (Wildman–Crippen MR) is 362 cm³/mol. The van der Waals surface area contributed by atoms with Crippen molar-refractivity contribution >= 4 is 40.2 Å². The number of amides is 1. The molecule has 0 saturated heterocycles. The van der Waals surface area contributed by atoms with E-state index in [1.54, 1.807) is 13.2 Å². The van der Waals surface area contributed by atoms with E-state index in [1.165, 1.54) is 13.8 Å². The van der Waals surface area contributed by atoms with E-state index in [2.05, 4.69) is 163 Å². The first-order valence-electron chi connectivity index (χ1n) is 30.1. The summed E-state index contributed by atoms with van der Waals surface area (Å²) >= 11 is 0. The van der Waals surface area contributed by atoms with Crippen LogP contribution < -0.4 is 5.43 Å². The van der Waals surface area contributed by atoms with Crippen molar-refractivity contribution in [2.45, 2.75) is 294 Å². The van der Waals surface area contributed by atoms with Crippen molar-refractivity contribution in [1.82, 2.24) is 5.43 Å². The van der Waals surface area contributed by atoms with Gasteiger partial charge >= 0.3 is 6.36 Å². The number of hydrogen-bond acceptors (Lipinski definition) is 12. The Labute approximate surface area is 512 Å². The zero-order chi connectivity index (χ0) is 68.5. The van der Waals surface area contributed by atoms with Gasteiger partial charge in [-0.2, -0.15) is 5.10 Å². The first kappa shape index (κ1) is 100. The summed E-state index contributed by atoms with van der Waals surface area (Å²) in [6.07, 6.45) is 3.12. The minimum atomic E-state index is -4.68. The van der Waals surface area contributed by atoms with Gasteiger partial charge in [-0.15, -0.1) is 13.2 Å². The second-order valence-electron chi connectivity index (χ2n) is 25.3. The van der Waals surface area contributed by atoms with Crippen molar-refractivity contribution in [3.63, 3.8) is 0 Å². The Hall–Kier alpha value is -4.76. The fourth-order valence-electron chi connectivity index (χ4n) is 6.22. The van der Waals surface area contributed by atoms with Gasteiger partial charge in [-0.3, -0.25) is 9.63 Å². The Balaban J connectivity index is -0.0000000942. The number of hydrogen-bond donors (Lipinski definition) is 2. The lowest BCUT2D eigenvalue weighted by atomic mass is 9.87. The average molecular weight is 1190 g/mol. The van der Waals surface area contributed by atoms with Crippen LogP contribution in [0.15, 0.2) is 73.9 Å². The number of oxime groups is 5. The molecule has 0 bridgehead atoms. The lowest BCUT2D eigenvalue weighted by molar-refractivity contribution is -0.325. The highest BCUT2D eigenvalue weighted by molar-refractivity contribution is 6.01. The molecule has 0 spiro atoms. The number of carbonyl (C=O) groups excluding carboxylic acids is 1. The van der Waals surface area contributed by atoms with Crippen LogP contribution in [0.1, 0.15) is 293 Å². The van der Waals surface area contributed by atoms with E-state index in [0.29, 0.717) is 29.6 Å². The van der Waals surface area contributed by atoms with E-state index >= 15 is 0 Å². The number of hydrazone groups is 1. The smallest absolute Gasteiger partial charge is 0.411 e. The lowest BCUT2D eigenvalue weighted by Gasteiger charge is -2.19. The number of nitrogens with one attached hydrogen (secondary N) is 1. The topological polar surface area (TPSA) is 160 Å². The molecule has 0 atom stereocenters. The van der Waals surface area contributed by atoms with Gasteiger partial charge in [-0.1, -0.05) is 270 Å². The second kappa shape index (κ2) is 59.0. The van der Waals surface area contributed by atoms with Gasteiger partial charge in [0.15, 0.2) is 0 Å². The lowest BCUT2D eigenvalue weighted by Crippen LogP contribution is -2.20. The van der Waals surface area contributed by atoms with Crippen LogP contribution in [-0.2, 0) is 24.1 Å². The number of halogens is 3. The van der Waals surface area contributed by atoms with Crippen molar-refractivity contribution in [3.05, 3.63) is 48.6 Å². The molecule has 2 N–H and O–H groups in total. The summed E-state index contributed by atoms with van der Waals surface area (Å²) < 4.78 is 34.6. The molecule has 0 saturated carbocycles. The Morgan fingerprint density at radius 1 is 0.518 bits per heavy atom. The number of rotatable bonds is 16. The van der Waals surface area contributed by atoms with Gasteiger partial charge < -0.3 is 19.7 Å². The SMILES string of the molecule is C/C(CC(C)(C)C)=N/O.C/C(CC(C)(C)C)=N/OC(F)(F)F.C=CCO/N=C(/C)CC(C)(C)C.CC.CC.CC.CC.CC.CC(=O)NN=C(CC(C)(C)C)c1ccccc1.CCCO/N=C(/C)CC(C)(C)C.CO/N=C(/C)CC(C)(C)C. The van der Waals surface area contributed by atoms with Crippen molar-refractivity contribution in [2.75, 3.05) is 20.3 Å². The van der Waals surface area contributed by atoms with E-state index < -0.39 is 6.36 Å². The molecular weight excluding hydrogens is 1060 g/mol. The monoisotopic (exact) mass is 1190 g/mol. The third kappa shape index (κ3) is 109. The highest BCUT2D eigenvalue weighted by Crippen LogP contribution is 2.24. The molecule has 0 aliphatic carbocycles. The maximum Gasteiger partial charge on any atom is 0.593 e. The molecule has 0 radical (unpaired) electrons. The molecule has 496 valence electrons. The van der Waals surface area contributed by atoms with Crippen molar-refractivity contribution < 1.29 is 42.5 Å². The van der Waals surface area contributed by atoms with Crippen LogP contribution in [0.4, 0.5) is 13.2 Å². The number of carbonyl (C=O) groups is 1. The van der Waals surface area contributed by atoms with Gasteiger partial charge in [0.25, 0.3) is 0 Å². The standard InChI is InChI=1S/C14H20N2O.C10H21NO.C10H19NO.C8H14F3NO.C8H17NO.C7H15NO.5C2H6/c1-11(17)15-16-13(10-14(2,3)4)12-8-6-5-7-9-12;2*1-6-7-12-11-9(2)8-10(3,4)5;1-6(5-7(2,3)4)12-13-8(9,10)11;1-7(9-10-5)6-8(2,3)4;1-6(8-9)5-7(2,3)4;5*1-2/h5-9H,10H2,1-4H3,(H,15,17);6-8H2,1-5H3;6H,1,7-8H2,2-5H3;5H2,1-4H3;6H2,1-5H3;9H,5H2,1-4H3;5*1-2H3/b;2*11-9-;12-6-;9-7-;8-6-;;;;;. The normalized spacial score (nSPS) is 12.1.